The van der Waals surface area contributed by atoms with Crippen LogP contribution in [0.2, 0.25) is 0 Å². The van der Waals surface area contributed by atoms with Crippen molar-refractivity contribution in [1.82, 2.24) is 14.6 Å². The Morgan fingerprint density at radius 3 is 2.95 bits per heavy atom. The zero-order valence-corrected chi connectivity index (χ0v) is 11.6. The fourth-order valence-corrected chi connectivity index (χ4v) is 2.82. The second-order valence-electron chi connectivity index (χ2n) is 4.21. The minimum Gasteiger partial charge on any atom is -0.494 e. The molecule has 1 aromatic carbocycles. The van der Waals surface area contributed by atoms with E-state index in [0.717, 1.165) is 26.8 Å². The predicted molar refractivity (Wildman–Crippen MR) is 76.6 cm³/mol. The van der Waals surface area contributed by atoms with E-state index in [0.29, 0.717) is 12.4 Å². The van der Waals surface area contributed by atoms with Gasteiger partial charge in [0.1, 0.15) is 16.6 Å². The van der Waals surface area contributed by atoms with E-state index in [4.69, 9.17) is 10.5 Å². The maximum absolute atomic E-state index is 5.62. The molecule has 0 spiro atoms. The Kier molecular flexibility index (Phi) is 2.87. The molecule has 0 saturated heterocycles. The molecule has 0 saturated carbocycles. The van der Waals surface area contributed by atoms with Gasteiger partial charge in [0.2, 0.25) is 4.96 Å². The summed E-state index contributed by atoms with van der Waals surface area (Å²) in [5.41, 5.74) is 7.79. The molecule has 0 amide bonds. The molecule has 3 aromatic rings. The van der Waals surface area contributed by atoms with Gasteiger partial charge in [-0.3, -0.25) is 0 Å². The van der Waals surface area contributed by atoms with Gasteiger partial charge in [-0.15, -0.1) is 0 Å². The number of aryl methyl sites for hydroxylation is 1. The van der Waals surface area contributed by atoms with Gasteiger partial charge in [-0.1, -0.05) is 11.3 Å². The molecule has 0 unspecified atom stereocenters. The van der Waals surface area contributed by atoms with Gasteiger partial charge in [0, 0.05) is 5.56 Å². The van der Waals surface area contributed by atoms with Crippen LogP contribution in [-0.4, -0.2) is 21.2 Å². The van der Waals surface area contributed by atoms with Crippen LogP contribution in [0.5, 0.6) is 5.75 Å². The highest BCUT2D eigenvalue weighted by Crippen LogP contribution is 2.29. The number of nitrogens with two attached hydrogens (primary N) is 1. The molecule has 0 bridgehead atoms. The molecular weight excluding hydrogens is 260 g/mol. The molecule has 2 N–H and O–H groups in total. The standard InChI is InChI=1S/C13H14N4OS/c1-3-18-10-5-4-9(6-8(10)2)12-16-17-7-11(14)15-13(17)19-12/h4-7H,3,14H2,1-2H3. The number of nitrogen functional groups attached to an aromatic ring is 1. The van der Waals surface area contributed by atoms with E-state index in [-0.39, 0.29) is 0 Å². The van der Waals surface area contributed by atoms with Crippen LogP contribution in [-0.2, 0) is 0 Å². The van der Waals surface area contributed by atoms with Crippen LogP contribution in [0.3, 0.4) is 0 Å². The number of hydrogen-bond donors (Lipinski definition) is 1. The molecule has 2 heterocycles. The number of nitrogens with zero attached hydrogens (tertiary/aromatic N) is 3. The minimum atomic E-state index is 0.494. The normalized spacial score (nSPS) is 11.1. The van der Waals surface area contributed by atoms with Crippen molar-refractivity contribution in [2.75, 3.05) is 12.3 Å². The molecule has 0 aliphatic heterocycles. The second kappa shape index (κ2) is 4.55. The number of hydrogen-bond acceptors (Lipinski definition) is 5. The van der Waals surface area contributed by atoms with Crippen molar-refractivity contribution in [3.63, 3.8) is 0 Å². The Labute approximate surface area is 114 Å². The van der Waals surface area contributed by atoms with E-state index < -0.39 is 0 Å². The molecule has 0 radical (unpaired) electrons. The van der Waals surface area contributed by atoms with E-state index in [2.05, 4.69) is 16.1 Å². The molecule has 19 heavy (non-hydrogen) atoms. The summed E-state index contributed by atoms with van der Waals surface area (Å²) in [6, 6.07) is 6.07. The summed E-state index contributed by atoms with van der Waals surface area (Å²) in [5, 5.41) is 5.40. The van der Waals surface area contributed by atoms with Gasteiger partial charge in [0.25, 0.3) is 0 Å². The third kappa shape index (κ3) is 2.15. The fourth-order valence-electron chi connectivity index (χ4n) is 1.93. The maximum Gasteiger partial charge on any atom is 0.214 e. The zero-order chi connectivity index (χ0) is 13.4. The Balaban J connectivity index is 2.00. The molecule has 5 nitrogen and oxygen atoms in total. The minimum absolute atomic E-state index is 0.494. The first-order chi connectivity index (χ1) is 9.17. The van der Waals surface area contributed by atoms with Crippen molar-refractivity contribution < 1.29 is 4.74 Å². The quantitative estimate of drug-likeness (QED) is 0.797. The molecule has 0 aliphatic rings. The van der Waals surface area contributed by atoms with E-state index in [9.17, 15) is 0 Å². The van der Waals surface area contributed by atoms with Gasteiger partial charge in [-0.25, -0.2) is 9.50 Å². The number of benzene rings is 1. The Hall–Kier alpha value is -2.08. The summed E-state index contributed by atoms with van der Waals surface area (Å²) in [4.78, 5) is 5.01. The molecule has 3 rings (SSSR count). The van der Waals surface area contributed by atoms with Gasteiger partial charge in [0.15, 0.2) is 0 Å². The lowest BCUT2D eigenvalue weighted by atomic mass is 10.1. The summed E-state index contributed by atoms with van der Waals surface area (Å²) < 4.78 is 7.25. The van der Waals surface area contributed by atoms with E-state index in [1.54, 1.807) is 10.7 Å². The van der Waals surface area contributed by atoms with Crippen molar-refractivity contribution in [3.05, 3.63) is 30.0 Å². The first-order valence-electron chi connectivity index (χ1n) is 6.03. The van der Waals surface area contributed by atoms with Crippen LogP contribution in [0.15, 0.2) is 24.4 Å². The molecule has 0 atom stereocenters. The lowest BCUT2D eigenvalue weighted by molar-refractivity contribution is 0.338. The van der Waals surface area contributed by atoms with Crippen LogP contribution in [0, 0.1) is 6.92 Å². The number of rotatable bonds is 3. The highest BCUT2D eigenvalue weighted by atomic mass is 32.1. The smallest absolute Gasteiger partial charge is 0.214 e. The summed E-state index contributed by atoms with van der Waals surface area (Å²) in [6.07, 6.45) is 1.72. The monoisotopic (exact) mass is 274 g/mol. The predicted octanol–water partition coefficient (Wildman–Crippen LogP) is 2.75. The van der Waals surface area contributed by atoms with E-state index in [1.807, 2.05) is 26.0 Å². The topological polar surface area (TPSA) is 65.4 Å². The molecule has 2 aromatic heterocycles. The average molecular weight is 274 g/mol. The molecule has 0 fully saturated rings. The maximum atomic E-state index is 5.62. The Morgan fingerprint density at radius 2 is 2.26 bits per heavy atom. The van der Waals surface area contributed by atoms with Crippen LogP contribution in [0.25, 0.3) is 15.5 Å². The first-order valence-corrected chi connectivity index (χ1v) is 6.84. The summed E-state index contributed by atoms with van der Waals surface area (Å²) in [6.45, 7) is 4.68. The molecule has 0 aliphatic carbocycles. The summed E-state index contributed by atoms with van der Waals surface area (Å²) in [5.74, 6) is 1.41. The van der Waals surface area contributed by atoms with Gasteiger partial charge in [-0.2, -0.15) is 5.10 Å². The summed E-state index contributed by atoms with van der Waals surface area (Å²) in [7, 11) is 0. The molecule has 98 valence electrons. The van der Waals surface area contributed by atoms with Crippen LogP contribution in [0.4, 0.5) is 5.82 Å². The zero-order valence-electron chi connectivity index (χ0n) is 10.8. The Morgan fingerprint density at radius 1 is 1.42 bits per heavy atom. The van der Waals surface area contributed by atoms with Crippen molar-refractivity contribution in [2.24, 2.45) is 0 Å². The van der Waals surface area contributed by atoms with E-state index in [1.165, 1.54) is 11.3 Å². The van der Waals surface area contributed by atoms with Crippen LogP contribution < -0.4 is 10.5 Å². The number of imidazole rings is 1. The summed E-state index contributed by atoms with van der Waals surface area (Å²) >= 11 is 1.52. The Bertz CT molecular complexity index is 700. The van der Waals surface area contributed by atoms with Gasteiger partial charge >= 0.3 is 0 Å². The van der Waals surface area contributed by atoms with Gasteiger partial charge < -0.3 is 10.5 Å². The third-order valence-electron chi connectivity index (χ3n) is 2.78. The van der Waals surface area contributed by atoms with E-state index >= 15 is 0 Å². The van der Waals surface area contributed by atoms with Crippen molar-refractivity contribution in [3.8, 4) is 16.3 Å². The lowest BCUT2D eigenvalue weighted by Gasteiger charge is -2.07. The average Bonchev–Trinajstić information content (AvgIpc) is 2.89. The fraction of sp³-hybridized carbons (Fsp3) is 0.231. The lowest BCUT2D eigenvalue weighted by Crippen LogP contribution is -1.94. The van der Waals surface area contributed by atoms with Gasteiger partial charge in [-0.05, 0) is 37.6 Å². The largest absolute Gasteiger partial charge is 0.494 e. The van der Waals surface area contributed by atoms with Crippen molar-refractivity contribution in [1.29, 1.82) is 0 Å². The highest BCUT2D eigenvalue weighted by molar-refractivity contribution is 7.19. The van der Waals surface area contributed by atoms with Crippen molar-refractivity contribution >= 4 is 22.1 Å². The number of aromatic nitrogens is 3. The first kappa shape index (κ1) is 12.0. The van der Waals surface area contributed by atoms with Crippen LogP contribution in [0.1, 0.15) is 12.5 Å². The highest BCUT2D eigenvalue weighted by Gasteiger charge is 2.10. The molecular formula is C13H14N4OS. The van der Waals surface area contributed by atoms with Gasteiger partial charge in [0.05, 0.1) is 12.8 Å². The second-order valence-corrected chi connectivity index (χ2v) is 5.17. The number of ether oxygens (including phenoxy) is 1. The third-order valence-corrected chi connectivity index (χ3v) is 3.76. The van der Waals surface area contributed by atoms with Crippen LogP contribution >= 0.6 is 11.3 Å². The number of anilines is 1. The number of fused-ring (bicyclic) bond motifs is 1. The van der Waals surface area contributed by atoms with Crippen molar-refractivity contribution in [2.45, 2.75) is 13.8 Å². The molecule has 6 heteroatoms. The SMILES string of the molecule is CCOc1ccc(-c2nn3cc(N)nc3s2)cc1C.